The molecule has 0 aliphatic heterocycles. The molecule has 1 unspecified atom stereocenters. The van der Waals surface area contributed by atoms with Crippen LogP contribution < -0.4 is 5.32 Å². The molecule has 0 fully saturated rings. The molecule has 0 saturated heterocycles. The summed E-state index contributed by atoms with van der Waals surface area (Å²) in [5.74, 6) is -1.64. The molecular formula is C15H18FNO3. The number of carbonyl (C=O) groups is 2. The van der Waals surface area contributed by atoms with Crippen LogP contribution in [-0.4, -0.2) is 23.0 Å². The van der Waals surface area contributed by atoms with Crippen molar-refractivity contribution in [1.29, 1.82) is 0 Å². The van der Waals surface area contributed by atoms with Gasteiger partial charge in [-0.25, -0.2) is 4.39 Å². The Hall–Kier alpha value is -2.17. The molecule has 1 rings (SSSR count). The van der Waals surface area contributed by atoms with E-state index >= 15 is 0 Å². The van der Waals surface area contributed by atoms with Crippen molar-refractivity contribution >= 4 is 18.0 Å². The lowest BCUT2D eigenvalue weighted by Gasteiger charge is -2.19. The van der Waals surface area contributed by atoms with Gasteiger partial charge in [0.15, 0.2) is 0 Å². The first-order valence-corrected chi connectivity index (χ1v) is 6.34. The summed E-state index contributed by atoms with van der Waals surface area (Å²) in [7, 11) is 0. The fraction of sp³-hybridized carbons (Fsp3) is 0.333. The summed E-state index contributed by atoms with van der Waals surface area (Å²) in [5, 5.41) is 11.4. The van der Waals surface area contributed by atoms with Gasteiger partial charge in [0.2, 0.25) is 5.91 Å². The Balaban J connectivity index is 2.61. The van der Waals surface area contributed by atoms with Crippen molar-refractivity contribution in [3.05, 3.63) is 41.7 Å². The number of benzene rings is 1. The second-order valence-electron chi connectivity index (χ2n) is 4.84. The van der Waals surface area contributed by atoms with Crippen LogP contribution in [0.3, 0.4) is 0 Å². The van der Waals surface area contributed by atoms with E-state index < -0.39 is 12.0 Å². The third-order valence-corrected chi connectivity index (χ3v) is 2.82. The number of nitrogens with one attached hydrogen (secondary N) is 1. The van der Waals surface area contributed by atoms with E-state index in [0.29, 0.717) is 5.56 Å². The molecular weight excluding hydrogens is 261 g/mol. The van der Waals surface area contributed by atoms with Gasteiger partial charge in [0.25, 0.3) is 0 Å². The standard InChI is InChI=1S/C15H18FNO3/c1-10(2)13(9-15(19)20)17-14(18)8-5-11-3-6-12(16)7-4-11/h3-8,10,13H,9H2,1-2H3,(H,17,18)(H,19,20)/b8-5+. The quantitative estimate of drug-likeness (QED) is 0.786. The second-order valence-corrected chi connectivity index (χ2v) is 4.84. The Kier molecular flexibility index (Phi) is 5.90. The lowest BCUT2D eigenvalue weighted by Crippen LogP contribution is -2.39. The molecule has 1 atom stereocenters. The van der Waals surface area contributed by atoms with E-state index in [0.717, 1.165) is 0 Å². The smallest absolute Gasteiger partial charge is 0.305 e. The lowest BCUT2D eigenvalue weighted by molar-refractivity contribution is -0.138. The first-order chi connectivity index (χ1) is 9.38. The predicted octanol–water partition coefficient (Wildman–Crippen LogP) is 2.45. The molecule has 2 N–H and O–H groups in total. The summed E-state index contributed by atoms with van der Waals surface area (Å²) in [4.78, 5) is 22.4. The highest BCUT2D eigenvalue weighted by Crippen LogP contribution is 2.07. The Morgan fingerprint density at radius 3 is 2.40 bits per heavy atom. The number of aliphatic carboxylic acids is 1. The number of rotatable bonds is 6. The Morgan fingerprint density at radius 1 is 1.30 bits per heavy atom. The number of carboxylic acids is 1. The van der Waals surface area contributed by atoms with Gasteiger partial charge >= 0.3 is 5.97 Å². The fourth-order valence-corrected chi connectivity index (χ4v) is 1.62. The van der Waals surface area contributed by atoms with Gasteiger partial charge in [-0.1, -0.05) is 26.0 Å². The highest BCUT2D eigenvalue weighted by molar-refractivity contribution is 5.92. The molecule has 20 heavy (non-hydrogen) atoms. The summed E-state index contributed by atoms with van der Waals surface area (Å²) in [6.07, 6.45) is 2.74. The van der Waals surface area contributed by atoms with E-state index in [9.17, 15) is 14.0 Å². The van der Waals surface area contributed by atoms with Gasteiger partial charge in [-0.05, 0) is 29.7 Å². The maximum atomic E-state index is 12.7. The van der Waals surface area contributed by atoms with Gasteiger partial charge in [-0.2, -0.15) is 0 Å². The van der Waals surface area contributed by atoms with Gasteiger partial charge < -0.3 is 10.4 Å². The largest absolute Gasteiger partial charge is 0.481 e. The highest BCUT2D eigenvalue weighted by Gasteiger charge is 2.18. The van der Waals surface area contributed by atoms with Gasteiger partial charge in [0.1, 0.15) is 5.82 Å². The average Bonchev–Trinajstić information content (AvgIpc) is 2.36. The molecule has 0 heterocycles. The fourth-order valence-electron chi connectivity index (χ4n) is 1.62. The minimum absolute atomic E-state index is 0.0225. The molecule has 0 aromatic heterocycles. The van der Waals surface area contributed by atoms with E-state index in [1.54, 1.807) is 18.2 Å². The SMILES string of the molecule is CC(C)C(CC(=O)O)NC(=O)/C=C/c1ccc(F)cc1. The first-order valence-electron chi connectivity index (χ1n) is 6.34. The van der Waals surface area contributed by atoms with Crippen LogP contribution in [0.25, 0.3) is 6.08 Å². The summed E-state index contributed by atoms with van der Waals surface area (Å²) in [5.41, 5.74) is 0.695. The molecule has 0 radical (unpaired) electrons. The molecule has 0 aliphatic carbocycles. The number of halogens is 1. The molecule has 1 aromatic carbocycles. The van der Waals surface area contributed by atoms with Crippen molar-refractivity contribution in [2.75, 3.05) is 0 Å². The van der Waals surface area contributed by atoms with Crippen molar-refractivity contribution in [3.8, 4) is 0 Å². The van der Waals surface area contributed by atoms with Gasteiger partial charge in [-0.15, -0.1) is 0 Å². The number of hydrogen-bond acceptors (Lipinski definition) is 2. The van der Waals surface area contributed by atoms with Crippen LogP contribution in [0.4, 0.5) is 4.39 Å². The zero-order chi connectivity index (χ0) is 15.1. The first kappa shape index (κ1) is 15.9. The van der Waals surface area contributed by atoms with Crippen LogP contribution in [0, 0.1) is 11.7 Å². The zero-order valence-corrected chi connectivity index (χ0v) is 11.5. The van der Waals surface area contributed by atoms with Crippen LogP contribution in [0.15, 0.2) is 30.3 Å². The van der Waals surface area contributed by atoms with Crippen LogP contribution in [-0.2, 0) is 9.59 Å². The van der Waals surface area contributed by atoms with Crippen molar-refractivity contribution in [2.45, 2.75) is 26.3 Å². The molecule has 0 saturated carbocycles. The zero-order valence-electron chi connectivity index (χ0n) is 11.5. The summed E-state index contributed by atoms with van der Waals surface area (Å²) >= 11 is 0. The molecule has 4 nitrogen and oxygen atoms in total. The molecule has 0 spiro atoms. The van der Waals surface area contributed by atoms with E-state index in [1.807, 2.05) is 13.8 Å². The third-order valence-electron chi connectivity index (χ3n) is 2.82. The molecule has 1 aromatic rings. The molecule has 0 bridgehead atoms. The molecule has 5 heteroatoms. The predicted molar refractivity (Wildman–Crippen MR) is 74.5 cm³/mol. The Labute approximate surface area is 117 Å². The van der Waals surface area contributed by atoms with Crippen molar-refractivity contribution in [2.24, 2.45) is 5.92 Å². The van der Waals surface area contributed by atoms with E-state index in [1.165, 1.54) is 18.2 Å². The van der Waals surface area contributed by atoms with Crippen LogP contribution >= 0.6 is 0 Å². The number of carboxylic acid groups (broad SMARTS) is 1. The van der Waals surface area contributed by atoms with E-state index in [4.69, 9.17) is 5.11 Å². The van der Waals surface area contributed by atoms with Gasteiger partial charge in [0, 0.05) is 12.1 Å². The Bertz CT molecular complexity index is 494. The average molecular weight is 279 g/mol. The lowest BCUT2D eigenvalue weighted by atomic mass is 10.0. The summed E-state index contributed by atoms with van der Waals surface area (Å²) < 4.78 is 12.7. The minimum Gasteiger partial charge on any atom is -0.481 e. The van der Waals surface area contributed by atoms with Crippen molar-refractivity contribution in [1.82, 2.24) is 5.32 Å². The highest BCUT2D eigenvalue weighted by atomic mass is 19.1. The number of hydrogen-bond donors (Lipinski definition) is 2. The normalized spacial score (nSPS) is 12.6. The van der Waals surface area contributed by atoms with Gasteiger partial charge in [0.05, 0.1) is 6.42 Å². The van der Waals surface area contributed by atoms with Crippen molar-refractivity contribution < 1.29 is 19.1 Å². The van der Waals surface area contributed by atoms with Gasteiger partial charge in [-0.3, -0.25) is 9.59 Å². The summed E-state index contributed by atoms with van der Waals surface area (Å²) in [6.45, 7) is 3.69. The second kappa shape index (κ2) is 7.43. The van der Waals surface area contributed by atoms with Crippen LogP contribution in [0.2, 0.25) is 0 Å². The maximum absolute atomic E-state index is 12.7. The monoisotopic (exact) mass is 279 g/mol. The third kappa shape index (κ3) is 5.65. The number of carbonyl (C=O) groups excluding carboxylic acids is 1. The van der Waals surface area contributed by atoms with E-state index in [-0.39, 0.29) is 24.1 Å². The Morgan fingerprint density at radius 2 is 1.90 bits per heavy atom. The summed E-state index contributed by atoms with van der Waals surface area (Å²) in [6, 6.07) is 5.29. The molecule has 0 aliphatic rings. The van der Waals surface area contributed by atoms with Crippen LogP contribution in [0.1, 0.15) is 25.8 Å². The minimum atomic E-state index is -0.952. The number of amides is 1. The topological polar surface area (TPSA) is 66.4 Å². The van der Waals surface area contributed by atoms with E-state index in [2.05, 4.69) is 5.32 Å². The van der Waals surface area contributed by atoms with Crippen LogP contribution in [0.5, 0.6) is 0 Å². The maximum Gasteiger partial charge on any atom is 0.305 e. The molecule has 108 valence electrons. The molecule has 1 amide bonds. The van der Waals surface area contributed by atoms with Crippen molar-refractivity contribution in [3.63, 3.8) is 0 Å².